The van der Waals surface area contributed by atoms with Crippen LogP contribution in [0.1, 0.15) is 26.7 Å². The van der Waals surface area contributed by atoms with E-state index in [0.29, 0.717) is 0 Å². The highest BCUT2D eigenvalue weighted by atomic mass is 16.1. The van der Waals surface area contributed by atoms with Crippen LogP contribution in [0.5, 0.6) is 0 Å². The average molecular weight is 167 g/mol. The van der Waals surface area contributed by atoms with Crippen LogP contribution < -0.4 is 5.32 Å². The van der Waals surface area contributed by atoms with E-state index in [2.05, 4.69) is 18.8 Å². The summed E-state index contributed by atoms with van der Waals surface area (Å²) in [4.78, 5) is 10.2. The lowest BCUT2D eigenvalue weighted by atomic mass is 10.0. The van der Waals surface area contributed by atoms with Crippen molar-refractivity contribution in [1.29, 1.82) is 0 Å². The summed E-state index contributed by atoms with van der Waals surface area (Å²) in [5.74, 6) is 0. The van der Waals surface area contributed by atoms with Crippen LogP contribution in [0.4, 0.5) is 0 Å². The summed E-state index contributed by atoms with van der Waals surface area (Å²) >= 11 is 0. The summed E-state index contributed by atoms with van der Waals surface area (Å²) < 4.78 is 0. The number of rotatable bonds is 6. The Morgan fingerprint density at radius 1 is 1.67 bits per heavy atom. The summed E-state index contributed by atoms with van der Waals surface area (Å²) in [6, 6.07) is 0.125. The minimum atomic E-state index is 0.125. The Morgan fingerprint density at radius 3 is 2.75 bits per heavy atom. The SMILES string of the molecule is C=C/C=C(\CCC)[C@H](C)NC=O. The monoisotopic (exact) mass is 167 g/mol. The van der Waals surface area contributed by atoms with Gasteiger partial charge in [-0.15, -0.1) is 0 Å². The van der Waals surface area contributed by atoms with Gasteiger partial charge in [0.05, 0.1) is 0 Å². The Morgan fingerprint density at radius 2 is 2.33 bits per heavy atom. The third kappa shape index (κ3) is 3.96. The van der Waals surface area contributed by atoms with Crippen molar-refractivity contribution in [3.63, 3.8) is 0 Å². The van der Waals surface area contributed by atoms with E-state index in [1.165, 1.54) is 5.57 Å². The molecule has 1 N–H and O–H groups in total. The summed E-state index contributed by atoms with van der Waals surface area (Å²) in [5.41, 5.74) is 1.22. The smallest absolute Gasteiger partial charge is 0.207 e. The van der Waals surface area contributed by atoms with E-state index >= 15 is 0 Å². The molecule has 0 aromatic rings. The third-order valence-electron chi connectivity index (χ3n) is 1.74. The first kappa shape index (κ1) is 11.0. The zero-order valence-corrected chi connectivity index (χ0v) is 7.84. The highest BCUT2D eigenvalue weighted by Crippen LogP contribution is 2.09. The van der Waals surface area contributed by atoms with E-state index in [1.807, 2.05) is 13.0 Å². The molecule has 0 aliphatic rings. The van der Waals surface area contributed by atoms with Crippen molar-refractivity contribution in [2.45, 2.75) is 32.7 Å². The Kier molecular flexibility index (Phi) is 6.07. The maximum atomic E-state index is 10.2. The largest absolute Gasteiger partial charge is 0.352 e. The van der Waals surface area contributed by atoms with E-state index in [0.717, 1.165) is 19.3 Å². The summed E-state index contributed by atoms with van der Waals surface area (Å²) in [5, 5.41) is 2.72. The molecule has 0 heterocycles. The van der Waals surface area contributed by atoms with Crippen molar-refractivity contribution in [3.8, 4) is 0 Å². The number of hydrogen-bond donors (Lipinski definition) is 1. The number of nitrogens with one attached hydrogen (secondary N) is 1. The number of carbonyl (C=O) groups is 1. The first-order valence-corrected chi connectivity index (χ1v) is 4.27. The van der Waals surface area contributed by atoms with Gasteiger partial charge in [-0.25, -0.2) is 0 Å². The predicted octanol–water partition coefficient (Wildman–Crippen LogP) is 2.03. The molecule has 0 bridgehead atoms. The van der Waals surface area contributed by atoms with E-state index in [-0.39, 0.29) is 6.04 Å². The van der Waals surface area contributed by atoms with Crippen LogP contribution in [0.3, 0.4) is 0 Å². The topological polar surface area (TPSA) is 29.1 Å². The second-order valence-electron chi connectivity index (χ2n) is 2.73. The Labute approximate surface area is 74.4 Å². The molecule has 1 amide bonds. The number of hydrogen-bond acceptors (Lipinski definition) is 1. The molecular formula is C10H17NO. The average Bonchev–Trinajstić information content (AvgIpc) is 2.04. The second kappa shape index (κ2) is 6.65. The van der Waals surface area contributed by atoms with E-state index in [1.54, 1.807) is 6.08 Å². The van der Waals surface area contributed by atoms with Gasteiger partial charge in [-0.1, -0.05) is 32.1 Å². The Balaban J connectivity index is 4.17. The fourth-order valence-electron chi connectivity index (χ4n) is 1.09. The van der Waals surface area contributed by atoms with Gasteiger partial charge in [-0.2, -0.15) is 0 Å². The van der Waals surface area contributed by atoms with E-state index < -0.39 is 0 Å². The Bertz CT molecular complexity index is 173. The lowest BCUT2D eigenvalue weighted by Gasteiger charge is -2.13. The summed E-state index contributed by atoms with van der Waals surface area (Å²) in [6.45, 7) is 7.72. The highest BCUT2D eigenvalue weighted by Gasteiger charge is 2.04. The minimum absolute atomic E-state index is 0.125. The molecule has 0 aliphatic carbocycles. The maximum absolute atomic E-state index is 10.2. The molecule has 2 heteroatoms. The fraction of sp³-hybridized carbons (Fsp3) is 0.500. The van der Waals surface area contributed by atoms with Gasteiger partial charge in [-0.3, -0.25) is 4.79 Å². The number of amides is 1. The molecule has 12 heavy (non-hydrogen) atoms. The molecule has 0 saturated heterocycles. The van der Waals surface area contributed by atoms with Crippen molar-refractivity contribution >= 4 is 6.41 Å². The van der Waals surface area contributed by atoms with Gasteiger partial charge in [0.15, 0.2) is 0 Å². The zero-order chi connectivity index (χ0) is 9.40. The first-order valence-electron chi connectivity index (χ1n) is 4.27. The predicted molar refractivity (Wildman–Crippen MR) is 51.8 cm³/mol. The van der Waals surface area contributed by atoms with Crippen LogP contribution >= 0.6 is 0 Å². The van der Waals surface area contributed by atoms with Gasteiger partial charge >= 0.3 is 0 Å². The van der Waals surface area contributed by atoms with Gasteiger partial charge in [0.1, 0.15) is 0 Å². The molecule has 0 aromatic heterocycles. The zero-order valence-electron chi connectivity index (χ0n) is 7.84. The highest BCUT2D eigenvalue weighted by molar-refractivity contribution is 5.48. The molecule has 0 radical (unpaired) electrons. The van der Waals surface area contributed by atoms with Crippen LogP contribution in [0, 0.1) is 0 Å². The molecule has 0 rings (SSSR count). The first-order chi connectivity index (χ1) is 5.76. The van der Waals surface area contributed by atoms with E-state index in [4.69, 9.17) is 0 Å². The molecule has 0 saturated carbocycles. The standard InChI is InChI=1S/C10H17NO/c1-4-6-10(7-5-2)9(3)11-8-12/h4,6,8-9H,1,5,7H2,2-3H3,(H,11,12)/b10-6+/t9-/m0/s1. The quantitative estimate of drug-likeness (QED) is 0.476. The Hall–Kier alpha value is -1.05. The lowest BCUT2D eigenvalue weighted by molar-refractivity contribution is -0.109. The van der Waals surface area contributed by atoms with Gasteiger partial charge in [0.25, 0.3) is 0 Å². The van der Waals surface area contributed by atoms with Gasteiger partial charge in [0, 0.05) is 6.04 Å². The van der Waals surface area contributed by atoms with Crippen molar-refractivity contribution in [1.82, 2.24) is 5.32 Å². The van der Waals surface area contributed by atoms with Crippen LogP contribution in [0.25, 0.3) is 0 Å². The molecule has 0 spiro atoms. The van der Waals surface area contributed by atoms with Crippen molar-refractivity contribution < 1.29 is 4.79 Å². The molecule has 68 valence electrons. The van der Waals surface area contributed by atoms with E-state index in [9.17, 15) is 4.79 Å². The molecule has 0 aromatic carbocycles. The van der Waals surface area contributed by atoms with Crippen LogP contribution in [0.15, 0.2) is 24.3 Å². The van der Waals surface area contributed by atoms with Crippen molar-refractivity contribution in [2.75, 3.05) is 0 Å². The third-order valence-corrected chi connectivity index (χ3v) is 1.74. The second-order valence-corrected chi connectivity index (χ2v) is 2.73. The summed E-state index contributed by atoms with van der Waals surface area (Å²) in [6.07, 6.45) is 6.55. The fourth-order valence-corrected chi connectivity index (χ4v) is 1.09. The van der Waals surface area contributed by atoms with Crippen molar-refractivity contribution in [2.24, 2.45) is 0 Å². The molecule has 2 nitrogen and oxygen atoms in total. The number of allylic oxidation sites excluding steroid dienone is 2. The normalized spacial score (nSPS) is 13.7. The molecular weight excluding hydrogens is 150 g/mol. The van der Waals surface area contributed by atoms with Crippen LogP contribution in [-0.4, -0.2) is 12.5 Å². The minimum Gasteiger partial charge on any atom is -0.352 e. The van der Waals surface area contributed by atoms with Crippen molar-refractivity contribution in [3.05, 3.63) is 24.3 Å². The molecule has 1 atom stereocenters. The molecule has 0 unspecified atom stereocenters. The molecule has 0 fully saturated rings. The van der Waals surface area contributed by atoms with Gasteiger partial charge in [-0.05, 0) is 18.9 Å². The van der Waals surface area contributed by atoms with Gasteiger partial charge < -0.3 is 5.32 Å². The number of carbonyl (C=O) groups excluding carboxylic acids is 1. The summed E-state index contributed by atoms with van der Waals surface area (Å²) in [7, 11) is 0. The van der Waals surface area contributed by atoms with Gasteiger partial charge in [0.2, 0.25) is 6.41 Å². The van der Waals surface area contributed by atoms with Crippen LogP contribution in [0.2, 0.25) is 0 Å². The maximum Gasteiger partial charge on any atom is 0.207 e. The molecule has 0 aliphatic heterocycles. The van der Waals surface area contributed by atoms with Crippen LogP contribution in [-0.2, 0) is 4.79 Å². The lowest BCUT2D eigenvalue weighted by Crippen LogP contribution is -2.26.